The van der Waals surface area contributed by atoms with Crippen LogP contribution >= 0.6 is 0 Å². The lowest BCUT2D eigenvalue weighted by atomic mass is 9.96. The number of ether oxygens (including phenoxy) is 2. The summed E-state index contributed by atoms with van der Waals surface area (Å²) in [6.07, 6.45) is 5.48. The molecule has 2 aliphatic rings. The number of benzene rings is 1. The highest BCUT2D eigenvalue weighted by Gasteiger charge is 2.33. The predicted octanol–water partition coefficient (Wildman–Crippen LogP) is 2.49. The molecular weight excluding hydrogens is 430 g/mol. The van der Waals surface area contributed by atoms with Crippen molar-refractivity contribution in [3.63, 3.8) is 0 Å². The van der Waals surface area contributed by atoms with E-state index in [0.717, 1.165) is 32.5 Å². The molecule has 2 fully saturated rings. The molecule has 2 aliphatic heterocycles. The molecular formula is C23H37N3O5S. The van der Waals surface area contributed by atoms with Crippen LogP contribution in [0.3, 0.4) is 0 Å². The minimum atomic E-state index is -3.65. The number of nitrogens with zero attached hydrogens (tertiary/aromatic N) is 2. The Hall–Kier alpha value is -1.84. The molecule has 0 atom stereocenters. The summed E-state index contributed by atoms with van der Waals surface area (Å²) in [5, 5.41) is 3.21. The van der Waals surface area contributed by atoms with Gasteiger partial charge in [0.15, 0.2) is 11.5 Å². The topological polar surface area (TPSA) is 88.2 Å². The van der Waals surface area contributed by atoms with E-state index >= 15 is 0 Å². The van der Waals surface area contributed by atoms with Gasteiger partial charge >= 0.3 is 0 Å². The van der Waals surface area contributed by atoms with E-state index in [4.69, 9.17) is 9.47 Å². The number of hydrogen-bond acceptors (Lipinski definition) is 6. The number of likely N-dealkylation sites (tertiary alicyclic amines) is 1. The average Bonchev–Trinajstić information content (AvgIpc) is 2.83. The van der Waals surface area contributed by atoms with Gasteiger partial charge in [-0.1, -0.05) is 13.3 Å². The van der Waals surface area contributed by atoms with Crippen molar-refractivity contribution in [3.05, 3.63) is 18.2 Å². The SMILES string of the molecule is CCCCN1CCC(NC(=O)C2CCN(S(=O)(=O)c3ccc(OC)c(OC)c3)CC2)CC1. The van der Waals surface area contributed by atoms with Gasteiger partial charge in [0.2, 0.25) is 15.9 Å². The van der Waals surface area contributed by atoms with Crippen molar-refractivity contribution in [1.29, 1.82) is 0 Å². The second kappa shape index (κ2) is 11.3. The van der Waals surface area contributed by atoms with Gasteiger partial charge in [0.05, 0.1) is 19.1 Å². The van der Waals surface area contributed by atoms with E-state index in [0.29, 0.717) is 37.4 Å². The van der Waals surface area contributed by atoms with E-state index in [1.165, 1.54) is 43.5 Å². The number of nitrogens with one attached hydrogen (secondary N) is 1. The molecule has 1 N–H and O–H groups in total. The van der Waals surface area contributed by atoms with Gasteiger partial charge in [-0.2, -0.15) is 4.31 Å². The van der Waals surface area contributed by atoms with Crippen LogP contribution in [0.25, 0.3) is 0 Å². The lowest BCUT2D eigenvalue weighted by molar-refractivity contribution is -0.127. The summed E-state index contributed by atoms with van der Waals surface area (Å²) in [6.45, 7) is 6.09. The molecule has 8 nitrogen and oxygen atoms in total. The molecule has 0 spiro atoms. The molecule has 9 heteroatoms. The molecule has 180 valence electrons. The summed E-state index contributed by atoms with van der Waals surface area (Å²) in [5.41, 5.74) is 0. The first-order chi connectivity index (χ1) is 15.4. The number of hydrogen-bond donors (Lipinski definition) is 1. The first-order valence-corrected chi connectivity index (χ1v) is 13.1. The van der Waals surface area contributed by atoms with E-state index in [9.17, 15) is 13.2 Å². The number of methoxy groups -OCH3 is 2. The van der Waals surface area contributed by atoms with Crippen molar-refractivity contribution in [1.82, 2.24) is 14.5 Å². The zero-order valence-corrected chi connectivity index (χ0v) is 20.3. The number of rotatable bonds is 9. The molecule has 0 aliphatic carbocycles. The highest BCUT2D eigenvalue weighted by molar-refractivity contribution is 7.89. The van der Waals surface area contributed by atoms with Crippen LogP contribution in [0, 0.1) is 5.92 Å². The van der Waals surface area contributed by atoms with Crippen molar-refractivity contribution in [2.75, 3.05) is 46.9 Å². The largest absolute Gasteiger partial charge is 0.493 e. The standard InChI is InChI=1S/C23H37N3O5S/c1-4-5-12-25-13-10-19(11-14-25)24-23(27)18-8-15-26(16-9-18)32(28,29)20-6-7-21(30-2)22(17-20)31-3/h6-7,17-19H,4-5,8-16H2,1-3H3,(H,24,27). The molecule has 2 saturated heterocycles. The summed E-state index contributed by atoms with van der Waals surface area (Å²) in [5.74, 6) is 0.798. The number of amides is 1. The molecule has 1 aromatic rings. The minimum Gasteiger partial charge on any atom is -0.493 e. The van der Waals surface area contributed by atoms with Crippen LogP contribution in [0.1, 0.15) is 45.4 Å². The van der Waals surface area contributed by atoms with E-state index < -0.39 is 10.0 Å². The summed E-state index contributed by atoms with van der Waals surface area (Å²) in [7, 11) is -0.658. The Balaban J connectivity index is 1.51. The Morgan fingerprint density at radius 1 is 1.03 bits per heavy atom. The highest BCUT2D eigenvalue weighted by atomic mass is 32.2. The lowest BCUT2D eigenvalue weighted by Crippen LogP contribution is -2.48. The van der Waals surface area contributed by atoms with Crippen LogP contribution in [0.15, 0.2) is 23.1 Å². The molecule has 3 rings (SSSR count). The fourth-order valence-electron chi connectivity index (χ4n) is 4.49. The Bertz CT molecular complexity index is 860. The molecule has 0 saturated carbocycles. The van der Waals surface area contributed by atoms with Gasteiger partial charge in [-0.25, -0.2) is 8.42 Å². The molecule has 0 aromatic heterocycles. The molecule has 32 heavy (non-hydrogen) atoms. The smallest absolute Gasteiger partial charge is 0.243 e. The summed E-state index contributed by atoms with van der Waals surface area (Å²) in [6, 6.07) is 4.84. The molecule has 0 bridgehead atoms. The fourth-order valence-corrected chi connectivity index (χ4v) is 5.97. The number of unbranched alkanes of at least 4 members (excludes halogenated alkanes) is 1. The van der Waals surface area contributed by atoms with Gasteiger partial charge < -0.3 is 19.7 Å². The Morgan fingerprint density at radius 3 is 2.28 bits per heavy atom. The van der Waals surface area contributed by atoms with Crippen molar-refractivity contribution < 1.29 is 22.7 Å². The van der Waals surface area contributed by atoms with Crippen LogP contribution in [0.2, 0.25) is 0 Å². The van der Waals surface area contributed by atoms with Crippen molar-refractivity contribution in [2.24, 2.45) is 5.92 Å². The zero-order chi connectivity index (χ0) is 23.1. The van der Waals surface area contributed by atoms with Gasteiger partial charge in [0, 0.05) is 44.2 Å². The van der Waals surface area contributed by atoms with Gasteiger partial charge in [-0.3, -0.25) is 4.79 Å². The van der Waals surface area contributed by atoms with Crippen LogP contribution in [0.5, 0.6) is 11.5 Å². The minimum absolute atomic E-state index is 0.0696. The van der Waals surface area contributed by atoms with Crippen molar-refractivity contribution >= 4 is 15.9 Å². The van der Waals surface area contributed by atoms with Gasteiger partial charge in [-0.05, 0) is 50.8 Å². The maximum Gasteiger partial charge on any atom is 0.243 e. The van der Waals surface area contributed by atoms with Crippen molar-refractivity contribution in [2.45, 2.75) is 56.4 Å². The summed E-state index contributed by atoms with van der Waals surface area (Å²) >= 11 is 0. The zero-order valence-electron chi connectivity index (χ0n) is 19.5. The van der Waals surface area contributed by atoms with Crippen molar-refractivity contribution in [3.8, 4) is 11.5 Å². The van der Waals surface area contributed by atoms with Crippen LogP contribution in [-0.2, 0) is 14.8 Å². The summed E-state index contributed by atoms with van der Waals surface area (Å²) < 4.78 is 38.1. The lowest BCUT2D eigenvalue weighted by Gasteiger charge is -2.34. The predicted molar refractivity (Wildman–Crippen MR) is 124 cm³/mol. The Kier molecular flexibility index (Phi) is 8.79. The molecule has 2 heterocycles. The maximum atomic E-state index is 13.1. The highest BCUT2D eigenvalue weighted by Crippen LogP contribution is 2.32. The second-order valence-corrected chi connectivity index (χ2v) is 10.6. The number of sulfonamides is 1. The number of piperidine rings is 2. The van der Waals surface area contributed by atoms with Crippen LogP contribution in [-0.4, -0.2) is 76.5 Å². The maximum absolute atomic E-state index is 13.1. The van der Waals surface area contributed by atoms with Crippen LogP contribution < -0.4 is 14.8 Å². The monoisotopic (exact) mass is 467 g/mol. The average molecular weight is 468 g/mol. The summed E-state index contributed by atoms with van der Waals surface area (Å²) in [4.78, 5) is 15.4. The first kappa shape index (κ1) is 24.8. The third kappa shape index (κ3) is 5.94. The third-order valence-corrected chi connectivity index (χ3v) is 8.47. The molecule has 1 amide bonds. The first-order valence-electron chi connectivity index (χ1n) is 11.6. The normalized spacial score (nSPS) is 19.6. The Morgan fingerprint density at radius 2 is 1.69 bits per heavy atom. The third-order valence-electron chi connectivity index (χ3n) is 6.58. The van der Waals surface area contributed by atoms with Gasteiger partial charge in [0.1, 0.15) is 0 Å². The number of carbonyl (C=O) groups is 1. The van der Waals surface area contributed by atoms with E-state index in [2.05, 4.69) is 17.1 Å². The Labute approximate surface area is 192 Å². The van der Waals surface area contributed by atoms with Gasteiger partial charge in [-0.15, -0.1) is 0 Å². The number of carbonyl (C=O) groups excluding carboxylic acids is 1. The van der Waals surface area contributed by atoms with E-state index in [-0.39, 0.29) is 22.8 Å². The van der Waals surface area contributed by atoms with Gasteiger partial charge in [0.25, 0.3) is 0 Å². The van der Waals surface area contributed by atoms with Crippen LogP contribution in [0.4, 0.5) is 0 Å². The molecule has 0 unspecified atom stereocenters. The second-order valence-electron chi connectivity index (χ2n) is 8.67. The molecule has 0 radical (unpaired) electrons. The quantitative estimate of drug-likeness (QED) is 0.600. The fraction of sp³-hybridized carbons (Fsp3) is 0.696. The molecule has 1 aromatic carbocycles. The van der Waals surface area contributed by atoms with E-state index in [1.807, 2.05) is 0 Å². The van der Waals surface area contributed by atoms with E-state index in [1.54, 1.807) is 6.07 Å².